The standard InChI is InChI=1S/C12H21N5O2/c1-10(9-17-4-6-19-7-5-17)15-12(18)13-8-11-2-3-14-16-11/h2-3,10H,4-9H2,1H3,(H,14,16)(H2,13,15,18)/t10-/m0/s1. The molecule has 2 heterocycles. The predicted molar refractivity (Wildman–Crippen MR) is 70.7 cm³/mol. The first kappa shape index (κ1) is 13.8. The van der Waals surface area contributed by atoms with Crippen LogP contribution in [0.15, 0.2) is 12.3 Å². The minimum atomic E-state index is -0.157. The molecule has 2 rings (SSSR count). The third-order valence-electron chi connectivity index (χ3n) is 3.01. The molecule has 0 radical (unpaired) electrons. The molecule has 1 aliphatic heterocycles. The molecule has 0 aromatic carbocycles. The molecular formula is C12H21N5O2. The Bertz CT molecular complexity index is 375. The minimum Gasteiger partial charge on any atom is -0.379 e. The molecule has 0 bridgehead atoms. The minimum absolute atomic E-state index is 0.111. The normalized spacial score (nSPS) is 17.9. The number of amides is 2. The molecule has 1 aromatic heterocycles. The molecule has 1 fully saturated rings. The largest absolute Gasteiger partial charge is 0.379 e. The van der Waals surface area contributed by atoms with Crippen LogP contribution in [0.4, 0.5) is 4.79 Å². The number of hydrogen-bond donors (Lipinski definition) is 3. The zero-order valence-corrected chi connectivity index (χ0v) is 11.2. The van der Waals surface area contributed by atoms with Gasteiger partial charge in [-0.05, 0) is 13.0 Å². The van der Waals surface area contributed by atoms with Crippen LogP contribution in [0.2, 0.25) is 0 Å². The number of nitrogens with one attached hydrogen (secondary N) is 3. The van der Waals surface area contributed by atoms with E-state index in [4.69, 9.17) is 4.74 Å². The lowest BCUT2D eigenvalue weighted by molar-refractivity contribution is 0.0349. The van der Waals surface area contributed by atoms with E-state index in [0.29, 0.717) is 6.54 Å². The predicted octanol–water partition coefficient (Wildman–Crippen LogP) is -0.0704. The summed E-state index contributed by atoms with van der Waals surface area (Å²) in [4.78, 5) is 14.0. The van der Waals surface area contributed by atoms with Crippen LogP contribution in [-0.2, 0) is 11.3 Å². The Labute approximate surface area is 112 Å². The summed E-state index contributed by atoms with van der Waals surface area (Å²) in [5.74, 6) is 0. The smallest absolute Gasteiger partial charge is 0.315 e. The molecule has 0 spiro atoms. The van der Waals surface area contributed by atoms with Crippen molar-refractivity contribution < 1.29 is 9.53 Å². The third kappa shape index (κ3) is 4.88. The van der Waals surface area contributed by atoms with Gasteiger partial charge in [0.2, 0.25) is 0 Å². The number of carbonyl (C=O) groups excluding carboxylic acids is 1. The summed E-state index contributed by atoms with van der Waals surface area (Å²) >= 11 is 0. The topological polar surface area (TPSA) is 82.3 Å². The van der Waals surface area contributed by atoms with Crippen LogP contribution in [0.5, 0.6) is 0 Å². The van der Waals surface area contributed by atoms with Gasteiger partial charge in [-0.15, -0.1) is 0 Å². The maximum atomic E-state index is 11.7. The van der Waals surface area contributed by atoms with Gasteiger partial charge in [0.25, 0.3) is 0 Å². The van der Waals surface area contributed by atoms with E-state index in [1.165, 1.54) is 0 Å². The third-order valence-corrected chi connectivity index (χ3v) is 3.01. The monoisotopic (exact) mass is 267 g/mol. The zero-order chi connectivity index (χ0) is 13.5. The fraction of sp³-hybridized carbons (Fsp3) is 0.667. The Morgan fingerprint density at radius 3 is 3.05 bits per heavy atom. The van der Waals surface area contributed by atoms with Crippen molar-refractivity contribution in [2.24, 2.45) is 0 Å². The highest BCUT2D eigenvalue weighted by atomic mass is 16.5. The Kier molecular flexibility index (Phi) is 5.17. The van der Waals surface area contributed by atoms with Gasteiger partial charge in [0.1, 0.15) is 0 Å². The summed E-state index contributed by atoms with van der Waals surface area (Å²) in [5, 5.41) is 12.3. The fourth-order valence-corrected chi connectivity index (χ4v) is 2.05. The number of rotatable bonds is 5. The van der Waals surface area contributed by atoms with Gasteiger partial charge < -0.3 is 15.4 Å². The molecule has 7 heteroatoms. The molecule has 0 saturated carbocycles. The lowest BCUT2D eigenvalue weighted by Crippen LogP contribution is -2.48. The Hall–Kier alpha value is -1.60. The Morgan fingerprint density at radius 1 is 1.58 bits per heavy atom. The maximum absolute atomic E-state index is 11.7. The quantitative estimate of drug-likeness (QED) is 0.697. The van der Waals surface area contributed by atoms with E-state index in [1.807, 2.05) is 13.0 Å². The van der Waals surface area contributed by atoms with E-state index in [0.717, 1.165) is 38.5 Å². The van der Waals surface area contributed by atoms with Crippen molar-refractivity contribution in [3.8, 4) is 0 Å². The molecule has 106 valence electrons. The second kappa shape index (κ2) is 7.10. The molecule has 0 unspecified atom stereocenters. The highest BCUT2D eigenvalue weighted by Crippen LogP contribution is 1.98. The van der Waals surface area contributed by atoms with Gasteiger partial charge >= 0.3 is 6.03 Å². The second-order valence-electron chi connectivity index (χ2n) is 4.72. The number of carbonyl (C=O) groups is 1. The highest BCUT2D eigenvalue weighted by molar-refractivity contribution is 5.74. The summed E-state index contributed by atoms with van der Waals surface area (Å²) < 4.78 is 5.29. The van der Waals surface area contributed by atoms with Gasteiger partial charge in [0.05, 0.1) is 25.5 Å². The highest BCUT2D eigenvalue weighted by Gasteiger charge is 2.14. The van der Waals surface area contributed by atoms with Crippen molar-refractivity contribution in [3.63, 3.8) is 0 Å². The summed E-state index contributed by atoms with van der Waals surface area (Å²) in [6.45, 7) is 6.73. The van der Waals surface area contributed by atoms with Crippen molar-refractivity contribution >= 4 is 6.03 Å². The van der Waals surface area contributed by atoms with Crippen LogP contribution >= 0.6 is 0 Å². The number of ether oxygens (including phenoxy) is 1. The SMILES string of the molecule is C[C@@H](CN1CCOCC1)NC(=O)NCc1ccn[nH]1. The molecule has 1 saturated heterocycles. The van der Waals surface area contributed by atoms with Crippen LogP contribution in [0.3, 0.4) is 0 Å². The van der Waals surface area contributed by atoms with Gasteiger partial charge in [-0.1, -0.05) is 0 Å². The molecule has 1 aliphatic rings. The van der Waals surface area contributed by atoms with Gasteiger partial charge in [0, 0.05) is 31.9 Å². The van der Waals surface area contributed by atoms with Crippen LogP contribution < -0.4 is 10.6 Å². The molecule has 3 N–H and O–H groups in total. The Morgan fingerprint density at radius 2 is 2.37 bits per heavy atom. The zero-order valence-electron chi connectivity index (χ0n) is 11.2. The van der Waals surface area contributed by atoms with Crippen molar-refractivity contribution in [3.05, 3.63) is 18.0 Å². The summed E-state index contributed by atoms with van der Waals surface area (Å²) in [5.41, 5.74) is 0.885. The number of nitrogens with zero attached hydrogens (tertiary/aromatic N) is 2. The number of aromatic nitrogens is 2. The number of morpholine rings is 1. The molecule has 1 atom stereocenters. The lowest BCUT2D eigenvalue weighted by Gasteiger charge is -2.29. The van der Waals surface area contributed by atoms with Crippen molar-refractivity contribution in [1.82, 2.24) is 25.7 Å². The lowest BCUT2D eigenvalue weighted by atomic mass is 10.3. The Balaban J connectivity index is 1.63. The van der Waals surface area contributed by atoms with E-state index in [1.54, 1.807) is 6.20 Å². The molecule has 19 heavy (non-hydrogen) atoms. The number of hydrogen-bond acceptors (Lipinski definition) is 4. The first-order valence-electron chi connectivity index (χ1n) is 6.57. The average molecular weight is 267 g/mol. The van der Waals surface area contributed by atoms with Gasteiger partial charge in [-0.25, -0.2) is 4.79 Å². The molecular weight excluding hydrogens is 246 g/mol. The fourth-order valence-electron chi connectivity index (χ4n) is 2.05. The van der Waals surface area contributed by atoms with E-state index in [-0.39, 0.29) is 12.1 Å². The number of aromatic amines is 1. The van der Waals surface area contributed by atoms with E-state index in [9.17, 15) is 4.79 Å². The number of H-pyrrole nitrogens is 1. The molecule has 1 aromatic rings. The van der Waals surface area contributed by atoms with Crippen LogP contribution in [0.25, 0.3) is 0 Å². The van der Waals surface area contributed by atoms with Gasteiger partial charge in [-0.2, -0.15) is 5.10 Å². The first-order chi connectivity index (χ1) is 9.24. The van der Waals surface area contributed by atoms with E-state index >= 15 is 0 Å². The van der Waals surface area contributed by atoms with Crippen molar-refractivity contribution in [2.45, 2.75) is 19.5 Å². The van der Waals surface area contributed by atoms with Crippen LogP contribution in [-0.4, -0.2) is 60.0 Å². The molecule has 2 amide bonds. The summed E-state index contributed by atoms with van der Waals surface area (Å²) in [6.07, 6.45) is 1.66. The van der Waals surface area contributed by atoms with Gasteiger partial charge in [-0.3, -0.25) is 10.00 Å². The number of urea groups is 1. The average Bonchev–Trinajstić information content (AvgIpc) is 2.90. The summed E-state index contributed by atoms with van der Waals surface area (Å²) in [6, 6.07) is 1.78. The second-order valence-corrected chi connectivity index (χ2v) is 4.72. The summed E-state index contributed by atoms with van der Waals surface area (Å²) in [7, 11) is 0. The molecule has 7 nitrogen and oxygen atoms in total. The van der Waals surface area contributed by atoms with Crippen LogP contribution in [0, 0.1) is 0 Å². The first-order valence-corrected chi connectivity index (χ1v) is 6.57. The van der Waals surface area contributed by atoms with E-state index < -0.39 is 0 Å². The molecule has 0 aliphatic carbocycles. The maximum Gasteiger partial charge on any atom is 0.315 e. The van der Waals surface area contributed by atoms with Gasteiger partial charge in [0.15, 0.2) is 0 Å². The van der Waals surface area contributed by atoms with Crippen LogP contribution in [0.1, 0.15) is 12.6 Å². The van der Waals surface area contributed by atoms with Crippen molar-refractivity contribution in [2.75, 3.05) is 32.8 Å². The van der Waals surface area contributed by atoms with E-state index in [2.05, 4.69) is 25.7 Å². The van der Waals surface area contributed by atoms with Crippen molar-refractivity contribution in [1.29, 1.82) is 0 Å².